The maximum atomic E-state index is 5.48. The van der Waals surface area contributed by atoms with Gasteiger partial charge in [-0.25, -0.2) is 0 Å². The Morgan fingerprint density at radius 1 is 1.10 bits per heavy atom. The van der Waals surface area contributed by atoms with E-state index in [2.05, 4.69) is 31.3 Å². The predicted octanol–water partition coefficient (Wildman–Crippen LogP) is 4.08. The normalized spacial score (nSPS) is 27.1. The molecule has 0 radical (unpaired) electrons. The molecule has 1 atom stereocenters. The third-order valence-electron chi connectivity index (χ3n) is 5.19. The van der Waals surface area contributed by atoms with E-state index in [9.17, 15) is 0 Å². The van der Waals surface area contributed by atoms with Crippen molar-refractivity contribution < 1.29 is 4.74 Å². The number of benzene rings is 1. The van der Waals surface area contributed by atoms with Crippen molar-refractivity contribution in [2.45, 2.75) is 57.9 Å². The summed E-state index contributed by atoms with van der Waals surface area (Å²) in [5.74, 6) is 1.86. The van der Waals surface area contributed by atoms with Gasteiger partial charge in [0.05, 0.1) is 7.11 Å². The fraction of sp³-hybridized carbons (Fsp3) is 0.667. The molecule has 2 aliphatic rings. The van der Waals surface area contributed by atoms with Gasteiger partial charge < -0.3 is 10.1 Å². The van der Waals surface area contributed by atoms with E-state index >= 15 is 0 Å². The molecule has 1 saturated carbocycles. The van der Waals surface area contributed by atoms with Crippen LogP contribution in [-0.4, -0.2) is 13.7 Å². The summed E-state index contributed by atoms with van der Waals surface area (Å²) in [5.41, 5.74) is 4.41. The van der Waals surface area contributed by atoms with Gasteiger partial charge in [0.1, 0.15) is 5.75 Å². The first kappa shape index (κ1) is 13.9. The van der Waals surface area contributed by atoms with Crippen LogP contribution in [0, 0.1) is 19.8 Å². The third kappa shape index (κ3) is 2.35. The summed E-state index contributed by atoms with van der Waals surface area (Å²) >= 11 is 0. The summed E-state index contributed by atoms with van der Waals surface area (Å²) in [4.78, 5) is 0. The summed E-state index contributed by atoms with van der Waals surface area (Å²) in [7, 11) is 1.77. The van der Waals surface area contributed by atoms with E-state index in [-0.39, 0.29) is 5.54 Å². The highest BCUT2D eigenvalue weighted by Crippen LogP contribution is 2.50. The first-order valence-electron chi connectivity index (χ1n) is 8.08. The number of hydrogen-bond acceptors (Lipinski definition) is 2. The maximum Gasteiger partial charge on any atom is 0.122 e. The Bertz CT molecular complexity index is 482. The van der Waals surface area contributed by atoms with Crippen LogP contribution in [-0.2, 0) is 5.54 Å². The van der Waals surface area contributed by atoms with E-state index in [0.717, 1.165) is 11.7 Å². The molecule has 20 heavy (non-hydrogen) atoms. The van der Waals surface area contributed by atoms with Gasteiger partial charge >= 0.3 is 0 Å². The van der Waals surface area contributed by atoms with Crippen molar-refractivity contribution in [1.29, 1.82) is 0 Å². The second kappa shape index (κ2) is 5.40. The lowest BCUT2D eigenvalue weighted by Gasteiger charge is -2.37. The molecule has 1 unspecified atom stereocenters. The highest BCUT2D eigenvalue weighted by molar-refractivity contribution is 5.45. The van der Waals surface area contributed by atoms with E-state index in [1.165, 1.54) is 61.8 Å². The first-order chi connectivity index (χ1) is 9.67. The van der Waals surface area contributed by atoms with Crippen LogP contribution in [0.4, 0.5) is 0 Å². The molecule has 1 N–H and O–H groups in total. The quantitative estimate of drug-likeness (QED) is 0.896. The van der Waals surface area contributed by atoms with Crippen molar-refractivity contribution in [3.8, 4) is 5.75 Å². The van der Waals surface area contributed by atoms with Crippen molar-refractivity contribution >= 4 is 0 Å². The van der Waals surface area contributed by atoms with Gasteiger partial charge in [-0.3, -0.25) is 0 Å². The van der Waals surface area contributed by atoms with Gasteiger partial charge in [-0.2, -0.15) is 0 Å². The van der Waals surface area contributed by atoms with E-state index in [1.807, 2.05) is 0 Å². The van der Waals surface area contributed by atoms with Crippen LogP contribution in [0.15, 0.2) is 12.1 Å². The standard InChI is InChI=1S/C18H27NO/c1-13-12-17(20-3)14(2)11-16(13)18(15-7-8-15)9-5-4-6-10-19-18/h11-12,15,19H,4-10H2,1-3H3. The Labute approximate surface area is 122 Å². The second-order valence-corrected chi connectivity index (χ2v) is 6.62. The fourth-order valence-corrected chi connectivity index (χ4v) is 3.97. The van der Waals surface area contributed by atoms with E-state index < -0.39 is 0 Å². The van der Waals surface area contributed by atoms with Gasteiger partial charge in [0, 0.05) is 5.54 Å². The molecule has 2 nitrogen and oxygen atoms in total. The molecule has 0 spiro atoms. The monoisotopic (exact) mass is 273 g/mol. The van der Waals surface area contributed by atoms with Gasteiger partial charge in [-0.05, 0) is 74.8 Å². The first-order valence-corrected chi connectivity index (χ1v) is 8.08. The number of nitrogens with one attached hydrogen (secondary N) is 1. The lowest BCUT2D eigenvalue weighted by atomic mass is 9.78. The topological polar surface area (TPSA) is 21.3 Å². The van der Waals surface area contributed by atoms with Crippen molar-refractivity contribution in [1.82, 2.24) is 5.32 Å². The summed E-state index contributed by atoms with van der Waals surface area (Å²) in [6.45, 7) is 5.58. The van der Waals surface area contributed by atoms with Crippen molar-refractivity contribution in [3.63, 3.8) is 0 Å². The molecule has 1 saturated heterocycles. The molecule has 0 bridgehead atoms. The molecule has 2 heteroatoms. The molecule has 1 aliphatic heterocycles. The molecule has 1 aromatic carbocycles. The average molecular weight is 273 g/mol. The van der Waals surface area contributed by atoms with Gasteiger partial charge in [-0.15, -0.1) is 0 Å². The largest absolute Gasteiger partial charge is 0.496 e. The Morgan fingerprint density at radius 2 is 1.90 bits per heavy atom. The Balaban J connectivity index is 2.05. The Kier molecular flexibility index (Phi) is 3.76. The minimum atomic E-state index is 0.234. The summed E-state index contributed by atoms with van der Waals surface area (Å²) < 4.78 is 5.48. The third-order valence-corrected chi connectivity index (χ3v) is 5.19. The van der Waals surface area contributed by atoms with Gasteiger partial charge in [-0.1, -0.05) is 18.9 Å². The molecular weight excluding hydrogens is 246 g/mol. The SMILES string of the molecule is COc1cc(C)c(C2(C3CC3)CCCCCN2)cc1C. The predicted molar refractivity (Wildman–Crippen MR) is 83.3 cm³/mol. The Hall–Kier alpha value is -1.02. The molecular formula is C18H27NO. The molecule has 1 aromatic rings. The van der Waals surface area contributed by atoms with Crippen LogP contribution in [0.1, 0.15) is 55.2 Å². The van der Waals surface area contributed by atoms with Crippen LogP contribution >= 0.6 is 0 Å². The number of hydrogen-bond donors (Lipinski definition) is 1. The van der Waals surface area contributed by atoms with Gasteiger partial charge in [0.15, 0.2) is 0 Å². The smallest absolute Gasteiger partial charge is 0.122 e. The molecule has 3 rings (SSSR count). The summed E-state index contributed by atoms with van der Waals surface area (Å²) in [6, 6.07) is 4.60. The zero-order chi connectivity index (χ0) is 14.2. The highest BCUT2D eigenvalue weighted by Gasteiger charge is 2.46. The molecule has 2 fully saturated rings. The van der Waals surface area contributed by atoms with E-state index in [1.54, 1.807) is 7.11 Å². The molecule has 0 aromatic heterocycles. The second-order valence-electron chi connectivity index (χ2n) is 6.62. The molecule has 1 aliphatic carbocycles. The molecule has 110 valence electrons. The van der Waals surface area contributed by atoms with Crippen LogP contribution in [0.5, 0.6) is 5.75 Å². The van der Waals surface area contributed by atoms with Gasteiger partial charge in [0.25, 0.3) is 0 Å². The van der Waals surface area contributed by atoms with Gasteiger partial charge in [0.2, 0.25) is 0 Å². The van der Waals surface area contributed by atoms with Crippen LogP contribution in [0.2, 0.25) is 0 Å². The molecule has 0 amide bonds. The van der Waals surface area contributed by atoms with Crippen molar-refractivity contribution in [2.24, 2.45) is 5.92 Å². The highest BCUT2D eigenvalue weighted by atomic mass is 16.5. The minimum absolute atomic E-state index is 0.234. The number of rotatable bonds is 3. The summed E-state index contributed by atoms with van der Waals surface area (Å²) in [6.07, 6.45) is 8.12. The number of ether oxygens (including phenoxy) is 1. The van der Waals surface area contributed by atoms with E-state index in [0.29, 0.717) is 0 Å². The lowest BCUT2D eigenvalue weighted by Crippen LogP contribution is -2.44. The van der Waals surface area contributed by atoms with Crippen LogP contribution < -0.4 is 10.1 Å². The zero-order valence-corrected chi connectivity index (χ0v) is 13.1. The number of methoxy groups -OCH3 is 1. The lowest BCUT2D eigenvalue weighted by molar-refractivity contribution is 0.277. The fourth-order valence-electron chi connectivity index (χ4n) is 3.97. The van der Waals surface area contributed by atoms with Crippen molar-refractivity contribution in [2.75, 3.05) is 13.7 Å². The maximum absolute atomic E-state index is 5.48. The average Bonchev–Trinajstić information content (AvgIpc) is 3.26. The van der Waals surface area contributed by atoms with Crippen LogP contribution in [0.25, 0.3) is 0 Å². The summed E-state index contributed by atoms with van der Waals surface area (Å²) in [5, 5.41) is 3.94. The minimum Gasteiger partial charge on any atom is -0.496 e. The Morgan fingerprint density at radius 3 is 2.60 bits per heavy atom. The zero-order valence-electron chi connectivity index (χ0n) is 13.1. The van der Waals surface area contributed by atoms with E-state index in [4.69, 9.17) is 4.74 Å². The van der Waals surface area contributed by atoms with Crippen LogP contribution in [0.3, 0.4) is 0 Å². The van der Waals surface area contributed by atoms with Crippen molar-refractivity contribution in [3.05, 3.63) is 28.8 Å². The molecule has 1 heterocycles. The number of aryl methyl sites for hydroxylation is 2.